The van der Waals surface area contributed by atoms with Crippen LogP contribution in [-0.2, 0) is 6.54 Å². The summed E-state index contributed by atoms with van der Waals surface area (Å²) in [6.07, 6.45) is 1.76. The highest BCUT2D eigenvalue weighted by Crippen LogP contribution is 2.20. The fourth-order valence-electron chi connectivity index (χ4n) is 2.79. The van der Waals surface area contributed by atoms with Gasteiger partial charge in [0.25, 0.3) is 0 Å². The van der Waals surface area contributed by atoms with E-state index in [0.29, 0.717) is 17.6 Å². The van der Waals surface area contributed by atoms with Crippen molar-refractivity contribution >= 4 is 23.2 Å². The highest BCUT2D eigenvalue weighted by molar-refractivity contribution is 5.94. The molecular weight excluding hydrogens is 336 g/mol. The van der Waals surface area contributed by atoms with Crippen molar-refractivity contribution in [2.75, 3.05) is 10.2 Å². The number of benzene rings is 2. The summed E-state index contributed by atoms with van der Waals surface area (Å²) in [5.41, 5.74) is 2.76. The number of aromatic nitrogens is 2. The van der Waals surface area contributed by atoms with E-state index in [4.69, 9.17) is 0 Å². The van der Waals surface area contributed by atoms with Crippen LogP contribution in [0.2, 0.25) is 0 Å². The molecule has 5 heteroatoms. The number of nitrogens with one attached hydrogen (secondary N) is 1. The lowest BCUT2D eigenvalue weighted by Crippen LogP contribution is -2.31. The molecule has 1 N–H and O–H groups in total. The van der Waals surface area contributed by atoms with Crippen LogP contribution in [0.15, 0.2) is 66.9 Å². The molecule has 1 aromatic heterocycles. The smallest absolute Gasteiger partial charge is 0.229 e. The van der Waals surface area contributed by atoms with Crippen molar-refractivity contribution in [2.45, 2.75) is 33.4 Å². The zero-order valence-electron chi connectivity index (χ0n) is 15.9. The molecule has 0 atom stereocenters. The van der Waals surface area contributed by atoms with E-state index in [1.807, 2.05) is 36.4 Å². The second kappa shape index (κ2) is 8.45. The normalized spacial score (nSPS) is 10.7. The van der Waals surface area contributed by atoms with E-state index >= 15 is 0 Å². The minimum Gasteiger partial charge on any atom is -0.350 e. The van der Waals surface area contributed by atoms with Gasteiger partial charge in [-0.1, -0.05) is 30.3 Å². The molecule has 1 heterocycles. The highest BCUT2D eigenvalue weighted by atomic mass is 16.1. The minimum absolute atomic E-state index is 0.0493. The Bertz CT molecular complexity index is 892. The minimum atomic E-state index is 0.0493. The maximum atomic E-state index is 11.4. The monoisotopic (exact) mass is 360 g/mol. The molecule has 0 aliphatic carbocycles. The van der Waals surface area contributed by atoms with Crippen molar-refractivity contribution in [3.63, 3.8) is 0 Å². The second-order valence-electron chi connectivity index (χ2n) is 6.70. The lowest BCUT2D eigenvalue weighted by atomic mass is 10.1. The third kappa shape index (κ3) is 4.91. The number of carbonyl (C=O) groups is 1. The predicted molar refractivity (Wildman–Crippen MR) is 110 cm³/mol. The quantitative estimate of drug-likeness (QED) is 0.611. The van der Waals surface area contributed by atoms with E-state index in [9.17, 15) is 4.79 Å². The third-order valence-corrected chi connectivity index (χ3v) is 4.30. The maximum Gasteiger partial charge on any atom is 0.229 e. The Balaban J connectivity index is 1.79. The summed E-state index contributed by atoms with van der Waals surface area (Å²) in [5, 5.41) is 3.21. The average molecular weight is 360 g/mol. The number of rotatable bonds is 7. The van der Waals surface area contributed by atoms with E-state index in [-0.39, 0.29) is 5.78 Å². The van der Waals surface area contributed by atoms with E-state index in [2.05, 4.69) is 46.2 Å². The van der Waals surface area contributed by atoms with Crippen molar-refractivity contribution in [3.05, 3.63) is 78.0 Å². The van der Waals surface area contributed by atoms with Gasteiger partial charge in [-0.2, -0.15) is 4.98 Å². The third-order valence-electron chi connectivity index (χ3n) is 4.30. The zero-order chi connectivity index (χ0) is 19.2. The summed E-state index contributed by atoms with van der Waals surface area (Å²) in [7, 11) is 0. The topological polar surface area (TPSA) is 58.1 Å². The Morgan fingerprint density at radius 1 is 1.04 bits per heavy atom. The van der Waals surface area contributed by atoms with Crippen LogP contribution in [0.25, 0.3) is 0 Å². The molecule has 0 aliphatic rings. The number of anilines is 3. The Labute approximate surface area is 160 Å². The molecule has 0 unspecified atom stereocenters. The molecule has 27 heavy (non-hydrogen) atoms. The van der Waals surface area contributed by atoms with Gasteiger partial charge in [0.1, 0.15) is 5.82 Å². The van der Waals surface area contributed by atoms with Gasteiger partial charge in [0, 0.05) is 30.0 Å². The van der Waals surface area contributed by atoms with E-state index in [1.54, 1.807) is 25.3 Å². The van der Waals surface area contributed by atoms with Crippen LogP contribution in [0.3, 0.4) is 0 Å². The molecule has 0 aliphatic heterocycles. The number of Topliss-reactive ketones (excluding diaryl/α,β-unsaturated/α-hetero) is 1. The number of carbonyl (C=O) groups excluding carboxylic acids is 1. The summed E-state index contributed by atoms with van der Waals surface area (Å²) in [6, 6.07) is 19.9. The first-order valence-corrected chi connectivity index (χ1v) is 9.04. The molecular formula is C22H24N4O. The fourth-order valence-corrected chi connectivity index (χ4v) is 2.79. The van der Waals surface area contributed by atoms with Crippen LogP contribution in [0.1, 0.15) is 36.7 Å². The standard InChI is InChI=1S/C22H24N4O/c1-16(2)26(15-18-7-5-4-6-8-18)21-13-14-23-22(25-21)24-20-11-9-19(10-12-20)17(3)27/h4-14,16H,15H2,1-3H3,(H,23,24,25). The number of ketones is 1. The highest BCUT2D eigenvalue weighted by Gasteiger charge is 2.13. The van der Waals surface area contributed by atoms with Gasteiger partial charge in [0.05, 0.1) is 0 Å². The molecule has 0 saturated heterocycles. The molecule has 3 aromatic rings. The molecule has 0 radical (unpaired) electrons. The van der Waals surface area contributed by atoms with Gasteiger partial charge in [-0.15, -0.1) is 0 Å². The predicted octanol–water partition coefficient (Wildman–Crippen LogP) is 4.84. The lowest BCUT2D eigenvalue weighted by molar-refractivity contribution is 0.101. The Kier molecular flexibility index (Phi) is 5.81. The van der Waals surface area contributed by atoms with Gasteiger partial charge in [0.2, 0.25) is 5.95 Å². The summed E-state index contributed by atoms with van der Waals surface area (Å²) in [5.74, 6) is 1.45. The number of hydrogen-bond donors (Lipinski definition) is 1. The molecule has 0 bridgehead atoms. The van der Waals surface area contributed by atoms with Crippen LogP contribution in [0.5, 0.6) is 0 Å². The SMILES string of the molecule is CC(=O)c1ccc(Nc2nccc(N(Cc3ccccc3)C(C)C)n2)cc1. The Hall–Kier alpha value is -3.21. The Morgan fingerprint density at radius 3 is 2.37 bits per heavy atom. The van der Waals surface area contributed by atoms with E-state index in [1.165, 1.54) is 5.56 Å². The molecule has 2 aromatic carbocycles. The largest absolute Gasteiger partial charge is 0.350 e. The van der Waals surface area contributed by atoms with E-state index in [0.717, 1.165) is 18.1 Å². The van der Waals surface area contributed by atoms with Gasteiger partial charge >= 0.3 is 0 Å². The molecule has 138 valence electrons. The fraction of sp³-hybridized carbons (Fsp3) is 0.227. The Morgan fingerprint density at radius 2 is 1.74 bits per heavy atom. The zero-order valence-corrected chi connectivity index (χ0v) is 15.9. The lowest BCUT2D eigenvalue weighted by Gasteiger charge is -2.28. The van der Waals surface area contributed by atoms with Crippen molar-refractivity contribution < 1.29 is 4.79 Å². The van der Waals surface area contributed by atoms with Gasteiger partial charge in [-0.05, 0) is 56.7 Å². The van der Waals surface area contributed by atoms with Crippen molar-refractivity contribution in [3.8, 4) is 0 Å². The second-order valence-corrected chi connectivity index (χ2v) is 6.70. The van der Waals surface area contributed by atoms with Crippen molar-refractivity contribution in [1.29, 1.82) is 0 Å². The summed E-state index contributed by atoms with van der Waals surface area (Å²) < 4.78 is 0. The summed E-state index contributed by atoms with van der Waals surface area (Å²) in [4.78, 5) is 22.6. The molecule has 0 saturated carbocycles. The molecule has 5 nitrogen and oxygen atoms in total. The number of hydrogen-bond acceptors (Lipinski definition) is 5. The molecule has 3 rings (SSSR count). The molecule has 0 fully saturated rings. The van der Waals surface area contributed by atoms with Gasteiger partial charge in [0.15, 0.2) is 5.78 Å². The molecule has 0 spiro atoms. The van der Waals surface area contributed by atoms with Gasteiger partial charge in [-0.3, -0.25) is 4.79 Å². The summed E-state index contributed by atoms with van der Waals surface area (Å²) >= 11 is 0. The summed E-state index contributed by atoms with van der Waals surface area (Å²) in [6.45, 7) is 6.64. The number of nitrogens with zero attached hydrogens (tertiary/aromatic N) is 3. The van der Waals surface area contributed by atoms with Crippen LogP contribution in [-0.4, -0.2) is 21.8 Å². The van der Waals surface area contributed by atoms with Crippen molar-refractivity contribution in [1.82, 2.24) is 9.97 Å². The van der Waals surface area contributed by atoms with Crippen LogP contribution in [0, 0.1) is 0 Å². The first kappa shape index (κ1) is 18.6. The van der Waals surface area contributed by atoms with Crippen LogP contribution >= 0.6 is 0 Å². The van der Waals surface area contributed by atoms with Crippen LogP contribution in [0.4, 0.5) is 17.5 Å². The van der Waals surface area contributed by atoms with Crippen LogP contribution < -0.4 is 10.2 Å². The maximum absolute atomic E-state index is 11.4. The molecule has 0 amide bonds. The van der Waals surface area contributed by atoms with E-state index < -0.39 is 0 Å². The average Bonchev–Trinajstić information content (AvgIpc) is 2.67. The first-order chi connectivity index (χ1) is 13.0. The first-order valence-electron chi connectivity index (χ1n) is 9.04. The van der Waals surface area contributed by atoms with Crippen molar-refractivity contribution in [2.24, 2.45) is 0 Å². The van der Waals surface area contributed by atoms with Gasteiger partial charge in [-0.25, -0.2) is 4.98 Å². The van der Waals surface area contributed by atoms with Gasteiger partial charge < -0.3 is 10.2 Å².